The number of carbonyl (C=O) groups is 1. The fourth-order valence-electron chi connectivity index (χ4n) is 1.67. The number of carbonyl (C=O) groups excluding carboxylic acids is 1. The Balaban J connectivity index is 5.55. The van der Waals surface area contributed by atoms with Crippen molar-refractivity contribution < 1.29 is 66.6 Å². The highest BCUT2D eigenvalue weighted by molar-refractivity contribution is 5.78. The number of alkyl halides is 13. The Kier molecular flexibility index (Phi) is 7.94. The van der Waals surface area contributed by atoms with Gasteiger partial charge in [0.25, 0.3) is 0 Å². The van der Waals surface area contributed by atoms with E-state index in [9.17, 15) is 61.9 Å². The summed E-state index contributed by atoms with van der Waals surface area (Å²) in [5, 5.41) is 0. The highest BCUT2D eigenvalue weighted by atomic mass is 19.4. The zero-order valence-electron chi connectivity index (χ0n) is 14.6. The molecule has 1 unspecified atom stereocenters. The molecule has 0 N–H and O–H groups in total. The SMILES string of the molecule is CCC(C)(F)C(=O)OCC(F)(F)C(F)(F)CC(F)(F)C(F)(F)C(F)(F)CC(F)F. The summed E-state index contributed by atoms with van der Waals surface area (Å²) in [6.45, 7) is -1.21. The van der Waals surface area contributed by atoms with Gasteiger partial charge in [-0.3, -0.25) is 0 Å². The summed E-state index contributed by atoms with van der Waals surface area (Å²) >= 11 is 0. The average Bonchev–Trinajstić information content (AvgIpc) is 2.49. The fraction of sp³-hybridized carbons (Fsp3) is 0.929. The largest absolute Gasteiger partial charge is 0.457 e. The van der Waals surface area contributed by atoms with Crippen LogP contribution >= 0.6 is 0 Å². The summed E-state index contributed by atoms with van der Waals surface area (Å²) in [5.74, 6) is -33.8. The molecule has 0 rings (SSSR count). The van der Waals surface area contributed by atoms with Crippen LogP contribution in [0.1, 0.15) is 33.1 Å². The van der Waals surface area contributed by atoms with Crippen molar-refractivity contribution in [3.05, 3.63) is 0 Å². The van der Waals surface area contributed by atoms with Crippen molar-refractivity contribution in [2.24, 2.45) is 0 Å². The van der Waals surface area contributed by atoms with Crippen molar-refractivity contribution in [3.8, 4) is 0 Å². The summed E-state index contributed by atoms with van der Waals surface area (Å²) in [7, 11) is 0. The van der Waals surface area contributed by atoms with Crippen LogP contribution in [-0.4, -0.2) is 54.3 Å². The van der Waals surface area contributed by atoms with Crippen LogP contribution in [-0.2, 0) is 9.53 Å². The van der Waals surface area contributed by atoms with E-state index in [4.69, 9.17) is 0 Å². The van der Waals surface area contributed by atoms with Gasteiger partial charge in [0, 0.05) is 0 Å². The molecule has 0 bridgehead atoms. The minimum atomic E-state index is -6.85. The van der Waals surface area contributed by atoms with Crippen molar-refractivity contribution in [2.45, 2.75) is 74.8 Å². The molecule has 0 radical (unpaired) electrons. The first-order valence-electron chi connectivity index (χ1n) is 7.60. The first kappa shape index (κ1) is 27.6. The molecule has 0 aliphatic heterocycles. The van der Waals surface area contributed by atoms with Gasteiger partial charge in [0.1, 0.15) is 0 Å². The third-order valence-electron chi connectivity index (χ3n) is 3.78. The molecule has 29 heavy (non-hydrogen) atoms. The minimum absolute atomic E-state index is 0.505. The second-order valence-electron chi connectivity index (χ2n) is 6.29. The van der Waals surface area contributed by atoms with Gasteiger partial charge in [-0.1, -0.05) is 6.92 Å². The van der Waals surface area contributed by atoms with E-state index in [0.717, 1.165) is 6.92 Å². The molecule has 15 heteroatoms. The van der Waals surface area contributed by atoms with E-state index in [2.05, 4.69) is 4.74 Å². The van der Waals surface area contributed by atoms with Crippen LogP contribution in [0.2, 0.25) is 0 Å². The monoisotopic (exact) mass is 462 g/mol. The number of rotatable bonds is 11. The van der Waals surface area contributed by atoms with Crippen molar-refractivity contribution >= 4 is 5.97 Å². The highest BCUT2D eigenvalue weighted by Crippen LogP contribution is 2.53. The molecule has 2 nitrogen and oxygen atoms in total. The molecule has 0 heterocycles. The second kappa shape index (κ2) is 8.36. The normalized spacial score (nSPS) is 16.7. The average molecular weight is 462 g/mol. The van der Waals surface area contributed by atoms with Gasteiger partial charge in [0.15, 0.2) is 6.61 Å². The maximum Gasteiger partial charge on any atom is 0.372 e. The molecular formula is C14H15F13O2. The third kappa shape index (κ3) is 6.03. The number of halogens is 13. The van der Waals surface area contributed by atoms with Crippen molar-refractivity contribution in [1.29, 1.82) is 0 Å². The molecule has 0 fully saturated rings. The molecule has 0 aromatic carbocycles. The third-order valence-corrected chi connectivity index (χ3v) is 3.78. The minimum Gasteiger partial charge on any atom is -0.457 e. The Morgan fingerprint density at radius 1 is 0.793 bits per heavy atom. The van der Waals surface area contributed by atoms with Gasteiger partial charge in [-0.15, -0.1) is 0 Å². The summed E-state index contributed by atoms with van der Waals surface area (Å²) in [5.41, 5.74) is -2.93. The topological polar surface area (TPSA) is 26.3 Å². The Morgan fingerprint density at radius 3 is 1.62 bits per heavy atom. The summed E-state index contributed by atoms with van der Waals surface area (Å²) in [6.07, 6.45) is -12.0. The van der Waals surface area contributed by atoms with Crippen LogP contribution in [0.4, 0.5) is 57.1 Å². The summed E-state index contributed by atoms with van der Waals surface area (Å²) in [6, 6.07) is 0. The van der Waals surface area contributed by atoms with Gasteiger partial charge < -0.3 is 4.74 Å². The Bertz CT molecular complexity index is 572. The van der Waals surface area contributed by atoms with Crippen LogP contribution in [0.25, 0.3) is 0 Å². The second-order valence-corrected chi connectivity index (χ2v) is 6.29. The van der Waals surface area contributed by atoms with Crippen LogP contribution < -0.4 is 0 Å². The van der Waals surface area contributed by atoms with Crippen molar-refractivity contribution in [3.63, 3.8) is 0 Å². The number of hydrogen-bond acceptors (Lipinski definition) is 2. The molecule has 0 saturated heterocycles. The van der Waals surface area contributed by atoms with E-state index in [-0.39, 0.29) is 0 Å². The summed E-state index contributed by atoms with van der Waals surface area (Å²) in [4.78, 5) is 11.1. The lowest BCUT2D eigenvalue weighted by Crippen LogP contribution is -2.59. The molecule has 0 aromatic heterocycles. The zero-order valence-corrected chi connectivity index (χ0v) is 14.6. The summed E-state index contributed by atoms with van der Waals surface area (Å²) < 4.78 is 174. The predicted octanol–water partition coefficient (Wildman–Crippen LogP) is 5.89. The van der Waals surface area contributed by atoms with E-state index in [1.807, 2.05) is 0 Å². The van der Waals surface area contributed by atoms with Gasteiger partial charge in [-0.2, -0.15) is 43.9 Å². The standard InChI is InChI=1S/C14H15F13O2/c1-3-9(2,17)8(28)29-6-13(24,25)11(20,21)5-12(22,23)14(26,27)10(18,19)4-7(15)16/h7H,3-6H2,1-2H3. The molecule has 0 saturated carbocycles. The Labute approximate surface area is 155 Å². The van der Waals surface area contributed by atoms with Crippen LogP contribution in [0.3, 0.4) is 0 Å². The Morgan fingerprint density at radius 2 is 1.24 bits per heavy atom. The smallest absolute Gasteiger partial charge is 0.372 e. The van der Waals surface area contributed by atoms with E-state index in [0.29, 0.717) is 6.92 Å². The molecule has 174 valence electrons. The number of esters is 1. The van der Waals surface area contributed by atoms with Gasteiger partial charge in [0.05, 0.1) is 12.8 Å². The molecule has 0 amide bonds. The molecular weight excluding hydrogens is 447 g/mol. The van der Waals surface area contributed by atoms with Gasteiger partial charge in [0.2, 0.25) is 12.1 Å². The molecule has 1 atom stereocenters. The van der Waals surface area contributed by atoms with Crippen LogP contribution in [0.15, 0.2) is 0 Å². The maximum atomic E-state index is 13.5. The zero-order chi connectivity index (χ0) is 23.7. The van der Waals surface area contributed by atoms with E-state index < -0.39 is 73.5 Å². The lowest BCUT2D eigenvalue weighted by atomic mass is 9.94. The quantitative estimate of drug-likeness (QED) is 0.283. The van der Waals surface area contributed by atoms with Gasteiger partial charge >= 0.3 is 35.6 Å². The fourth-order valence-corrected chi connectivity index (χ4v) is 1.67. The predicted molar refractivity (Wildman–Crippen MR) is 70.7 cm³/mol. The first-order valence-corrected chi connectivity index (χ1v) is 7.60. The Hall–Kier alpha value is -1.44. The molecule has 0 aromatic rings. The van der Waals surface area contributed by atoms with Crippen LogP contribution in [0, 0.1) is 0 Å². The van der Waals surface area contributed by atoms with Crippen molar-refractivity contribution in [2.75, 3.05) is 6.61 Å². The van der Waals surface area contributed by atoms with E-state index >= 15 is 0 Å². The lowest BCUT2D eigenvalue weighted by Gasteiger charge is -2.36. The first-order chi connectivity index (χ1) is 12.6. The van der Waals surface area contributed by atoms with Crippen molar-refractivity contribution in [1.82, 2.24) is 0 Å². The molecule has 0 aliphatic carbocycles. The van der Waals surface area contributed by atoms with Crippen LogP contribution in [0.5, 0.6) is 0 Å². The highest BCUT2D eigenvalue weighted by Gasteiger charge is 2.75. The molecule has 0 aliphatic rings. The number of hydrogen-bond donors (Lipinski definition) is 0. The number of ether oxygens (including phenoxy) is 1. The maximum absolute atomic E-state index is 13.5. The lowest BCUT2D eigenvalue weighted by molar-refractivity contribution is -0.341. The van der Waals surface area contributed by atoms with E-state index in [1.165, 1.54) is 0 Å². The van der Waals surface area contributed by atoms with E-state index in [1.54, 1.807) is 0 Å². The van der Waals surface area contributed by atoms with Gasteiger partial charge in [-0.05, 0) is 13.3 Å². The van der Waals surface area contributed by atoms with Gasteiger partial charge in [-0.25, -0.2) is 18.0 Å². The molecule has 0 spiro atoms.